The van der Waals surface area contributed by atoms with Crippen molar-refractivity contribution in [2.45, 2.75) is 6.04 Å². The molecule has 18 heavy (non-hydrogen) atoms. The molecular weight excluding hydrogens is 261 g/mol. The summed E-state index contributed by atoms with van der Waals surface area (Å²) >= 11 is 0. The highest BCUT2D eigenvalue weighted by Gasteiger charge is 2.24. The highest BCUT2D eigenvalue weighted by Crippen LogP contribution is 2.23. The van der Waals surface area contributed by atoms with E-state index in [1.54, 1.807) is 0 Å². The zero-order chi connectivity index (χ0) is 13.3. The maximum absolute atomic E-state index is 13.6. The third-order valence-corrected chi connectivity index (χ3v) is 3.90. The molecule has 5 nitrogen and oxygen atoms in total. The standard InChI is InChI=1S/C11H10FNO4S/c12-9-3-1-2-8(11(14)15)10(9)13-7-4-5-18(16,17)6-7/h1-5,7,13H,6H2,(H,14,15). The van der Waals surface area contributed by atoms with E-state index >= 15 is 0 Å². The van der Waals surface area contributed by atoms with E-state index in [0.717, 1.165) is 11.5 Å². The van der Waals surface area contributed by atoms with Crippen molar-refractivity contribution in [3.8, 4) is 0 Å². The molecule has 1 aliphatic rings. The van der Waals surface area contributed by atoms with Crippen LogP contribution in [-0.2, 0) is 9.84 Å². The molecule has 0 fully saturated rings. The van der Waals surface area contributed by atoms with Gasteiger partial charge >= 0.3 is 5.97 Å². The van der Waals surface area contributed by atoms with Crippen molar-refractivity contribution < 1.29 is 22.7 Å². The van der Waals surface area contributed by atoms with Crippen LogP contribution in [0.2, 0.25) is 0 Å². The minimum absolute atomic E-state index is 0.197. The highest BCUT2D eigenvalue weighted by atomic mass is 32.2. The maximum Gasteiger partial charge on any atom is 0.337 e. The van der Waals surface area contributed by atoms with Gasteiger partial charge in [0.15, 0.2) is 9.84 Å². The third-order valence-electron chi connectivity index (χ3n) is 2.50. The van der Waals surface area contributed by atoms with Gasteiger partial charge in [-0.05, 0) is 12.1 Å². The Hall–Kier alpha value is -1.89. The normalized spacial score (nSPS) is 20.8. The van der Waals surface area contributed by atoms with Gasteiger partial charge in [0.1, 0.15) is 5.82 Å². The van der Waals surface area contributed by atoms with Crippen LogP contribution in [0.1, 0.15) is 10.4 Å². The molecule has 1 aromatic carbocycles. The molecule has 0 spiro atoms. The molecule has 0 radical (unpaired) electrons. The number of carboxylic acid groups (broad SMARTS) is 1. The summed E-state index contributed by atoms with van der Waals surface area (Å²) in [5.74, 6) is -2.21. The number of para-hydroxylation sites is 1. The van der Waals surface area contributed by atoms with Crippen molar-refractivity contribution in [1.29, 1.82) is 0 Å². The molecule has 1 aliphatic heterocycles. The van der Waals surface area contributed by atoms with Crippen LogP contribution in [0.15, 0.2) is 29.7 Å². The first-order valence-corrected chi connectivity index (χ1v) is 6.80. The second-order valence-corrected chi connectivity index (χ2v) is 5.81. The SMILES string of the molecule is O=C(O)c1cccc(F)c1NC1C=CS(=O)(=O)C1. The number of sulfone groups is 1. The van der Waals surface area contributed by atoms with Crippen LogP contribution < -0.4 is 5.32 Å². The fraction of sp³-hybridized carbons (Fsp3) is 0.182. The topological polar surface area (TPSA) is 83.5 Å². The summed E-state index contributed by atoms with van der Waals surface area (Å²) in [4.78, 5) is 10.9. The van der Waals surface area contributed by atoms with Gasteiger partial charge in [0.2, 0.25) is 0 Å². The summed E-state index contributed by atoms with van der Waals surface area (Å²) in [7, 11) is -3.27. The second-order valence-electron chi connectivity index (χ2n) is 3.88. The number of carboxylic acids is 1. The zero-order valence-corrected chi connectivity index (χ0v) is 9.95. The molecule has 1 unspecified atom stereocenters. The molecule has 96 valence electrons. The van der Waals surface area contributed by atoms with Crippen LogP contribution in [0.5, 0.6) is 0 Å². The van der Waals surface area contributed by atoms with Crippen LogP contribution >= 0.6 is 0 Å². The maximum atomic E-state index is 13.6. The number of nitrogens with one attached hydrogen (secondary N) is 1. The fourth-order valence-electron chi connectivity index (χ4n) is 1.70. The Morgan fingerprint density at radius 1 is 1.44 bits per heavy atom. The number of hydrogen-bond acceptors (Lipinski definition) is 4. The summed E-state index contributed by atoms with van der Waals surface area (Å²) in [5.41, 5.74) is -0.426. The predicted octanol–water partition coefficient (Wildman–Crippen LogP) is 1.25. The Morgan fingerprint density at radius 2 is 2.17 bits per heavy atom. The largest absolute Gasteiger partial charge is 0.478 e. The molecule has 2 rings (SSSR count). The molecule has 0 aliphatic carbocycles. The van der Waals surface area contributed by atoms with Crippen LogP contribution in [0.25, 0.3) is 0 Å². The van der Waals surface area contributed by atoms with Gasteiger partial charge in [0.05, 0.1) is 23.0 Å². The molecule has 0 amide bonds. The first-order chi connectivity index (χ1) is 8.39. The summed E-state index contributed by atoms with van der Waals surface area (Å²) in [6.07, 6.45) is 1.37. The number of hydrogen-bond donors (Lipinski definition) is 2. The first-order valence-electron chi connectivity index (χ1n) is 5.08. The molecule has 0 saturated heterocycles. The summed E-state index contributed by atoms with van der Waals surface area (Å²) in [6, 6.07) is 3.03. The number of anilines is 1. The monoisotopic (exact) mass is 271 g/mol. The number of carbonyl (C=O) groups is 1. The van der Waals surface area contributed by atoms with E-state index < -0.39 is 27.7 Å². The molecule has 7 heteroatoms. The summed E-state index contributed by atoms with van der Waals surface area (Å²) < 4.78 is 36.0. The van der Waals surface area contributed by atoms with Gasteiger partial charge in [-0.1, -0.05) is 12.1 Å². The molecule has 0 bridgehead atoms. The van der Waals surface area contributed by atoms with Crippen LogP contribution in [-0.4, -0.2) is 31.3 Å². The van der Waals surface area contributed by atoms with Gasteiger partial charge in [0.25, 0.3) is 0 Å². The number of rotatable bonds is 3. The third kappa shape index (κ3) is 2.51. The first kappa shape index (κ1) is 12.6. The molecular formula is C11H10FNO4S. The Labute approximate surface area is 103 Å². The Morgan fingerprint density at radius 3 is 2.72 bits per heavy atom. The van der Waals surface area contributed by atoms with E-state index in [1.165, 1.54) is 18.2 Å². The van der Waals surface area contributed by atoms with Crippen molar-refractivity contribution in [1.82, 2.24) is 0 Å². The van der Waals surface area contributed by atoms with Crippen molar-refractivity contribution in [2.24, 2.45) is 0 Å². The van der Waals surface area contributed by atoms with E-state index in [2.05, 4.69) is 5.32 Å². The van der Waals surface area contributed by atoms with Crippen molar-refractivity contribution in [3.05, 3.63) is 41.1 Å². The number of benzene rings is 1. The number of aromatic carboxylic acids is 1. The highest BCUT2D eigenvalue weighted by molar-refractivity contribution is 7.94. The number of halogens is 1. The molecule has 1 atom stereocenters. The quantitative estimate of drug-likeness (QED) is 0.864. The zero-order valence-electron chi connectivity index (χ0n) is 9.13. The van der Waals surface area contributed by atoms with Gasteiger partial charge < -0.3 is 10.4 Å². The summed E-state index contributed by atoms with van der Waals surface area (Å²) in [5, 5.41) is 12.6. The van der Waals surface area contributed by atoms with Gasteiger partial charge in [-0.3, -0.25) is 0 Å². The van der Waals surface area contributed by atoms with E-state index in [9.17, 15) is 17.6 Å². The Bertz CT molecular complexity index is 624. The minimum atomic E-state index is -3.27. The van der Waals surface area contributed by atoms with Crippen molar-refractivity contribution >= 4 is 21.5 Å². The molecule has 0 saturated carbocycles. The van der Waals surface area contributed by atoms with Gasteiger partial charge in [-0.15, -0.1) is 0 Å². The molecule has 1 heterocycles. The summed E-state index contributed by atoms with van der Waals surface area (Å²) in [6.45, 7) is 0. The average molecular weight is 271 g/mol. The second kappa shape index (κ2) is 4.41. The lowest BCUT2D eigenvalue weighted by Gasteiger charge is -2.14. The van der Waals surface area contributed by atoms with Crippen LogP contribution in [0, 0.1) is 5.82 Å². The molecule has 1 aromatic rings. The van der Waals surface area contributed by atoms with E-state index in [1.807, 2.05) is 0 Å². The van der Waals surface area contributed by atoms with E-state index in [4.69, 9.17) is 5.11 Å². The smallest absolute Gasteiger partial charge is 0.337 e. The molecule has 0 aromatic heterocycles. The minimum Gasteiger partial charge on any atom is -0.478 e. The van der Waals surface area contributed by atoms with Gasteiger partial charge in [-0.2, -0.15) is 0 Å². The van der Waals surface area contributed by atoms with Crippen LogP contribution in [0.3, 0.4) is 0 Å². The van der Waals surface area contributed by atoms with Crippen LogP contribution in [0.4, 0.5) is 10.1 Å². The lowest BCUT2D eigenvalue weighted by atomic mass is 10.1. The fourth-order valence-corrected chi connectivity index (χ4v) is 2.94. The van der Waals surface area contributed by atoms with E-state index in [0.29, 0.717) is 0 Å². The van der Waals surface area contributed by atoms with Crippen molar-refractivity contribution in [2.75, 3.05) is 11.1 Å². The lowest BCUT2D eigenvalue weighted by molar-refractivity contribution is 0.0697. The van der Waals surface area contributed by atoms with Gasteiger partial charge in [-0.25, -0.2) is 17.6 Å². The average Bonchev–Trinajstić information content (AvgIpc) is 2.61. The van der Waals surface area contributed by atoms with Crippen molar-refractivity contribution in [3.63, 3.8) is 0 Å². The predicted molar refractivity (Wildman–Crippen MR) is 63.7 cm³/mol. The molecule has 2 N–H and O–H groups in total. The van der Waals surface area contributed by atoms with E-state index in [-0.39, 0.29) is 17.0 Å². The Kier molecular flexibility index (Phi) is 3.08. The Balaban J connectivity index is 2.30. The lowest BCUT2D eigenvalue weighted by Crippen LogP contribution is -2.23. The van der Waals surface area contributed by atoms with Gasteiger partial charge in [0, 0.05) is 5.41 Å².